The molecule has 2 saturated carbocycles. The van der Waals surface area contributed by atoms with Gasteiger partial charge in [0.15, 0.2) is 0 Å². The molecule has 3 rings (SSSR count). The number of fused-ring (bicyclic) bond motifs is 2. The van der Waals surface area contributed by atoms with Gasteiger partial charge in [0.25, 0.3) is 0 Å². The van der Waals surface area contributed by atoms with E-state index in [1.807, 2.05) is 24.0 Å². The van der Waals surface area contributed by atoms with Crippen molar-refractivity contribution in [2.75, 3.05) is 0 Å². The van der Waals surface area contributed by atoms with Crippen LogP contribution in [0, 0.1) is 17.8 Å². The smallest absolute Gasteiger partial charge is 0.0817 e. The number of hydrogen-bond acceptors (Lipinski definition) is 2. The Morgan fingerprint density at radius 1 is 1.47 bits per heavy atom. The van der Waals surface area contributed by atoms with E-state index < -0.39 is 0 Å². The maximum atomic E-state index is 9.76. The van der Waals surface area contributed by atoms with E-state index in [9.17, 15) is 5.11 Å². The Bertz CT molecular complexity index is 387. The van der Waals surface area contributed by atoms with E-state index in [4.69, 9.17) is 0 Å². The summed E-state index contributed by atoms with van der Waals surface area (Å²) in [6.07, 6.45) is 10.0. The van der Waals surface area contributed by atoms with Crippen LogP contribution in [0.2, 0.25) is 0 Å². The second-order valence-electron chi connectivity index (χ2n) is 5.85. The Hall–Kier alpha value is -0.830. The minimum atomic E-state index is -0.344. The number of aromatic nitrogens is 2. The summed E-state index contributed by atoms with van der Waals surface area (Å²) < 4.78 is 2.04. The molecule has 17 heavy (non-hydrogen) atoms. The van der Waals surface area contributed by atoms with E-state index in [1.54, 1.807) is 0 Å². The number of hydrogen-bond donors (Lipinski definition) is 1. The Morgan fingerprint density at radius 3 is 3.00 bits per heavy atom. The van der Waals surface area contributed by atoms with Gasteiger partial charge in [-0.25, -0.2) is 0 Å². The Kier molecular flexibility index (Phi) is 2.95. The quantitative estimate of drug-likeness (QED) is 0.870. The molecule has 0 aliphatic heterocycles. The average molecular weight is 234 g/mol. The van der Waals surface area contributed by atoms with Crippen molar-refractivity contribution in [3.05, 3.63) is 18.0 Å². The number of rotatable bonds is 4. The van der Waals surface area contributed by atoms with Gasteiger partial charge < -0.3 is 5.11 Å². The topological polar surface area (TPSA) is 38.1 Å². The lowest BCUT2D eigenvalue weighted by molar-refractivity contribution is 0.173. The van der Waals surface area contributed by atoms with Crippen molar-refractivity contribution in [2.24, 2.45) is 17.8 Å². The molecule has 0 spiro atoms. The van der Waals surface area contributed by atoms with Crippen molar-refractivity contribution in [3.63, 3.8) is 0 Å². The van der Waals surface area contributed by atoms with Crippen LogP contribution in [0.25, 0.3) is 0 Å². The van der Waals surface area contributed by atoms with Gasteiger partial charge in [0.05, 0.1) is 12.3 Å². The summed E-state index contributed by atoms with van der Waals surface area (Å²) in [4.78, 5) is 0. The summed E-state index contributed by atoms with van der Waals surface area (Å²) in [5.41, 5.74) is 0.968. The highest BCUT2D eigenvalue weighted by Crippen LogP contribution is 2.48. The molecule has 2 aliphatic carbocycles. The van der Waals surface area contributed by atoms with Crippen LogP contribution in [0.1, 0.15) is 50.7 Å². The summed E-state index contributed by atoms with van der Waals surface area (Å²) in [5.74, 6) is 2.78. The van der Waals surface area contributed by atoms with Gasteiger partial charge in [-0.05, 0) is 43.4 Å². The highest BCUT2D eigenvalue weighted by atomic mass is 16.3. The van der Waals surface area contributed by atoms with E-state index >= 15 is 0 Å². The minimum absolute atomic E-state index is 0.344. The Labute approximate surface area is 103 Å². The molecule has 4 unspecified atom stereocenters. The zero-order valence-electron chi connectivity index (χ0n) is 10.5. The molecule has 2 bridgehead atoms. The Balaban J connectivity index is 1.63. The van der Waals surface area contributed by atoms with Crippen molar-refractivity contribution in [2.45, 2.75) is 51.7 Å². The van der Waals surface area contributed by atoms with Gasteiger partial charge >= 0.3 is 0 Å². The summed E-state index contributed by atoms with van der Waals surface area (Å²) in [7, 11) is 0. The molecular formula is C14H22N2O. The van der Waals surface area contributed by atoms with Crippen LogP contribution in [0.3, 0.4) is 0 Å². The van der Waals surface area contributed by atoms with Crippen molar-refractivity contribution < 1.29 is 5.11 Å². The van der Waals surface area contributed by atoms with E-state index in [2.05, 4.69) is 5.10 Å². The molecule has 3 nitrogen and oxygen atoms in total. The summed E-state index contributed by atoms with van der Waals surface area (Å²) in [6, 6.07) is 0. The largest absolute Gasteiger partial charge is 0.388 e. The maximum Gasteiger partial charge on any atom is 0.0817 e. The highest BCUT2D eigenvalue weighted by molar-refractivity contribution is 5.07. The van der Waals surface area contributed by atoms with Gasteiger partial charge in [-0.15, -0.1) is 0 Å². The first-order valence-corrected chi connectivity index (χ1v) is 6.96. The molecule has 1 aromatic rings. The molecule has 2 fully saturated rings. The predicted molar refractivity (Wildman–Crippen MR) is 66.4 cm³/mol. The molecule has 1 aromatic heterocycles. The molecule has 2 aliphatic rings. The molecule has 1 N–H and O–H groups in total. The second-order valence-corrected chi connectivity index (χ2v) is 5.85. The van der Waals surface area contributed by atoms with Crippen LogP contribution < -0.4 is 0 Å². The van der Waals surface area contributed by atoms with Crippen LogP contribution in [0.5, 0.6) is 0 Å². The molecular weight excluding hydrogens is 212 g/mol. The summed E-state index contributed by atoms with van der Waals surface area (Å²) in [5, 5.41) is 14.1. The molecule has 0 aromatic carbocycles. The standard InChI is InChI=1S/C14H22N2O/c1-2-14(17)13-7-15-16(9-13)8-12-6-10-3-4-11(12)5-10/h7,9-12,14,17H,2-6,8H2,1H3. The number of aliphatic hydroxyl groups excluding tert-OH is 1. The zero-order chi connectivity index (χ0) is 11.8. The molecule has 3 heteroatoms. The monoisotopic (exact) mass is 234 g/mol. The van der Waals surface area contributed by atoms with Crippen LogP contribution in [0.15, 0.2) is 12.4 Å². The maximum absolute atomic E-state index is 9.76. The average Bonchev–Trinajstić information content (AvgIpc) is 3.03. The minimum Gasteiger partial charge on any atom is -0.388 e. The number of aliphatic hydroxyl groups is 1. The van der Waals surface area contributed by atoms with Gasteiger partial charge in [0.1, 0.15) is 0 Å². The van der Waals surface area contributed by atoms with Crippen LogP contribution in [0.4, 0.5) is 0 Å². The highest BCUT2D eigenvalue weighted by Gasteiger charge is 2.39. The first-order valence-electron chi connectivity index (χ1n) is 6.96. The fourth-order valence-corrected chi connectivity index (χ4v) is 3.73. The Morgan fingerprint density at radius 2 is 2.35 bits per heavy atom. The lowest BCUT2D eigenvalue weighted by atomic mass is 9.89. The zero-order valence-corrected chi connectivity index (χ0v) is 10.5. The third kappa shape index (κ3) is 2.13. The third-order valence-corrected chi connectivity index (χ3v) is 4.73. The fourth-order valence-electron chi connectivity index (χ4n) is 3.73. The van der Waals surface area contributed by atoms with E-state index in [1.165, 1.54) is 25.7 Å². The van der Waals surface area contributed by atoms with Crippen molar-refractivity contribution in [1.29, 1.82) is 0 Å². The summed E-state index contributed by atoms with van der Waals surface area (Å²) >= 11 is 0. The number of nitrogens with zero attached hydrogens (tertiary/aromatic N) is 2. The van der Waals surface area contributed by atoms with Gasteiger partial charge in [-0.2, -0.15) is 5.10 Å². The molecule has 0 saturated heterocycles. The molecule has 4 atom stereocenters. The molecule has 94 valence electrons. The van der Waals surface area contributed by atoms with Gasteiger partial charge in [0, 0.05) is 18.3 Å². The second kappa shape index (κ2) is 4.45. The van der Waals surface area contributed by atoms with Crippen molar-refractivity contribution in [3.8, 4) is 0 Å². The molecule has 0 radical (unpaired) electrons. The summed E-state index contributed by atoms with van der Waals surface area (Å²) in [6.45, 7) is 3.05. The normalized spacial score (nSPS) is 33.2. The van der Waals surface area contributed by atoms with E-state index in [0.717, 1.165) is 36.3 Å². The van der Waals surface area contributed by atoms with E-state index in [-0.39, 0.29) is 6.10 Å². The van der Waals surface area contributed by atoms with Crippen molar-refractivity contribution in [1.82, 2.24) is 9.78 Å². The van der Waals surface area contributed by atoms with Crippen LogP contribution >= 0.6 is 0 Å². The van der Waals surface area contributed by atoms with Gasteiger partial charge in [0.2, 0.25) is 0 Å². The lowest BCUT2D eigenvalue weighted by Crippen LogP contribution is -2.17. The third-order valence-electron chi connectivity index (χ3n) is 4.73. The van der Waals surface area contributed by atoms with Crippen LogP contribution in [-0.2, 0) is 6.54 Å². The molecule has 1 heterocycles. The van der Waals surface area contributed by atoms with Gasteiger partial charge in [-0.1, -0.05) is 13.3 Å². The first-order chi connectivity index (χ1) is 8.26. The van der Waals surface area contributed by atoms with Crippen molar-refractivity contribution >= 4 is 0 Å². The van der Waals surface area contributed by atoms with Gasteiger partial charge in [-0.3, -0.25) is 4.68 Å². The SMILES string of the molecule is CCC(O)c1cnn(CC2CC3CCC2C3)c1. The van der Waals surface area contributed by atoms with Crippen LogP contribution in [-0.4, -0.2) is 14.9 Å². The predicted octanol–water partition coefficient (Wildman–Crippen LogP) is 2.76. The fraction of sp³-hybridized carbons (Fsp3) is 0.786. The lowest BCUT2D eigenvalue weighted by Gasteiger charge is -2.21. The first kappa shape index (κ1) is 11.3. The van der Waals surface area contributed by atoms with E-state index in [0.29, 0.717) is 0 Å². The molecule has 0 amide bonds.